The van der Waals surface area contributed by atoms with Crippen molar-refractivity contribution in [1.29, 1.82) is 0 Å². The van der Waals surface area contributed by atoms with Crippen LogP contribution in [0.15, 0.2) is 24.5 Å². The van der Waals surface area contributed by atoms with Gasteiger partial charge in [0.05, 0.1) is 11.3 Å². The van der Waals surface area contributed by atoms with Crippen molar-refractivity contribution in [1.82, 2.24) is 4.98 Å². The van der Waals surface area contributed by atoms with E-state index in [1.54, 1.807) is 18.3 Å². The molecule has 1 heterocycles. The summed E-state index contributed by atoms with van der Waals surface area (Å²) in [6.07, 6.45) is 3.02. The largest absolute Gasteiger partial charge is 0.481 e. The van der Waals surface area contributed by atoms with E-state index in [4.69, 9.17) is 10.8 Å². The highest BCUT2D eigenvalue weighted by Crippen LogP contribution is 1.91. The average Bonchev–Trinajstić information content (AvgIpc) is 2.20. The standard InChI is InChI=1S/C6H6N2O.C2H4O2S/c7-6(9)5-2-1-3-8-4-5;3-2(4)1-5/h1-4H,(H2,7,9);5H,1H2,(H,3,4). The number of primary amides is 1. The van der Waals surface area contributed by atoms with E-state index in [9.17, 15) is 9.59 Å². The smallest absolute Gasteiger partial charge is 0.313 e. The molecule has 1 amide bonds. The molecule has 0 aromatic carbocycles. The highest BCUT2D eigenvalue weighted by molar-refractivity contribution is 7.81. The zero-order valence-corrected chi connectivity index (χ0v) is 8.15. The first-order valence-electron chi connectivity index (χ1n) is 3.60. The van der Waals surface area contributed by atoms with E-state index in [0.717, 1.165) is 0 Å². The molecule has 0 aliphatic carbocycles. The Hall–Kier alpha value is -1.56. The lowest BCUT2D eigenvalue weighted by atomic mass is 10.3. The molecule has 0 unspecified atom stereocenters. The van der Waals surface area contributed by atoms with Crippen LogP contribution in [0.25, 0.3) is 0 Å². The Balaban J connectivity index is 0.000000292. The summed E-state index contributed by atoms with van der Waals surface area (Å²) in [5.41, 5.74) is 5.38. The molecule has 0 saturated heterocycles. The average molecular weight is 214 g/mol. The van der Waals surface area contributed by atoms with Crippen LogP contribution in [0.4, 0.5) is 0 Å². The molecule has 1 aromatic heterocycles. The maximum absolute atomic E-state index is 10.4. The summed E-state index contributed by atoms with van der Waals surface area (Å²) in [5.74, 6) is -1.41. The van der Waals surface area contributed by atoms with Gasteiger partial charge in [0.1, 0.15) is 0 Å². The summed E-state index contributed by atoms with van der Waals surface area (Å²) in [4.78, 5) is 23.4. The van der Waals surface area contributed by atoms with Crippen molar-refractivity contribution in [2.75, 3.05) is 5.75 Å². The van der Waals surface area contributed by atoms with Crippen LogP contribution in [0.3, 0.4) is 0 Å². The van der Waals surface area contributed by atoms with Gasteiger partial charge in [-0.05, 0) is 12.1 Å². The number of thiol groups is 1. The van der Waals surface area contributed by atoms with Gasteiger partial charge in [-0.1, -0.05) is 0 Å². The monoisotopic (exact) mass is 214 g/mol. The molecule has 0 spiro atoms. The zero-order chi connectivity index (χ0) is 11.0. The Kier molecular flexibility index (Phi) is 6.13. The lowest BCUT2D eigenvalue weighted by molar-refractivity contribution is -0.133. The van der Waals surface area contributed by atoms with E-state index in [0.29, 0.717) is 5.56 Å². The molecule has 1 rings (SSSR count). The maximum atomic E-state index is 10.4. The van der Waals surface area contributed by atoms with Crippen molar-refractivity contribution >= 4 is 24.5 Å². The Morgan fingerprint density at radius 3 is 2.36 bits per heavy atom. The van der Waals surface area contributed by atoms with Crippen molar-refractivity contribution in [2.24, 2.45) is 5.73 Å². The van der Waals surface area contributed by atoms with Crippen molar-refractivity contribution in [3.8, 4) is 0 Å². The SMILES string of the molecule is NC(=O)c1cccnc1.O=C(O)CS. The number of amides is 1. The number of rotatable bonds is 2. The number of aromatic nitrogens is 1. The van der Waals surface area contributed by atoms with Crippen LogP contribution in [0.2, 0.25) is 0 Å². The highest BCUT2D eigenvalue weighted by Gasteiger charge is 1.94. The molecule has 0 atom stereocenters. The summed E-state index contributed by atoms with van der Waals surface area (Å²) >= 11 is 3.42. The van der Waals surface area contributed by atoms with Crippen LogP contribution in [0.1, 0.15) is 10.4 Å². The normalized spacial score (nSPS) is 8.36. The molecule has 0 aliphatic rings. The molecular weight excluding hydrogens is 204 g/mol. The third kappa shape index (κ3) is 6.01. The van der Waals surface area contributed by atoms with Gasteiger partial charge in [-0.15, -0.1) is 0 Å². The summed E-state index contributed by atoms with van der Waals surface area (Å²) in [7, 11) is 0. The Morgan fingerprint density at radius 1 is 1.57 bits per heavy atom. The molecular formula is C8H10N2O3S. The van der Waals surface area contributed by atoms with E-state index in [1.807, 2.05) is 0 Å². The number of aliphatic carboxylic acids is 1. The fourth-order valence-corrected chi connectivity index (χ4v) is 0.509. The molecule has 14 heavy (non-hydrogen) atoms. The van der Waals surface area contributed by atoms with E-state index in [1.165, 1.54) is 6.20 Å². The molecule has 0 fully saturated rings. The van der Waals surface area contributed by atoms with Gasteiger partial charge in [0, 0.05) is 12.4 Å². The number of carboxylic acids is 1. The molecule has 5 nitrogen and oxygen atoms in total. The topological polar surface area (TPSA) is 93.3 Å². The van der Waals surface area contributed by atoms with Crippen LogP contribution < -0.4 is 5.73 Å². The Bertz CT molecular complexity index is 303. The molecule has 0 radical (unpaired) electrons. The number of hydrogen-bond acceptors (Lipinski definition) is 4. The summed E-state index contributed by atoms with van der Waals surface area (Å²) in [6, 6.07) is 3.29. The lowest BCUT2D eigenvalue weighted by Crippen LogP contribution is -2.10. The molecule has 76 valence electrons. The van der Waals surface area contributed by atoms with Crippen LogP contribution in [-0.2, 0) is 4.79 Å². The van der Waals surface area contributed by atoms with Gasteiger partial charge in [-0.3, -0.25) is 14.6 Å². The van der Waals surface area contributed by atoms with E-state index >= 15 is 0 Å². The fraction of sp³-hybridized carbons (Fsp3) is 0.125. The first kappa shape index (κ1) is 12.4. The van der Waals surface area contributed by atoms with Gasteiger partial charge < -0.3 is 10.8 Å². The quantitative estimate of drug-likeness (QED) is 0.612. The zero-order valence-electron chi connectivity index (χ0n) is 7.25. The molecule has 6 heteroatoms. The second-order valence-electron chi connectivity index (χ2n) is 2.16. The first-order valence-corrected chi connectivity index (χ1v) is 4.23. The summed E-state index contributed by atoms with van der Waals surface area (Å²) < 4.78 is 0. The maximum Gasteiger partial charge on any atom is 0.313 e. The van der Waals surface area contributed by atoms with Gasteiger partial charge in [0.2, 0.25) is 5.91 Å². The first-order chi connectivity index (χ1) is 6.57. The second-order valence-corrected chi connectivity index (χ2v) is 2.47. The molecule has 0 saturated carbocycles. The van der Waals surface area contributed by atoms with Gasteiger partial charge >= 0.3 is 5.97 Å². The minimum Gasteiger partial charge on any atom is -0.481 e. The molecule has 3 N–H and O–H groups in total. The molecule has 0 aliphatic heterocycles. The summed E-state index contributed by atoms with van der Waals surface area (Å²) in [5, 5.41) is 7.65. The van der Waals surface area contributed by atoms with Gasteiger partial charge in [0.25, 0.3) is 0 Å². The number of hydrogen-bond donors (Lipinski definition) is 3. The van der Waals surface area contributed by atoms with Crippen LogP contribution in [-0.4, -0.2) is 27.7 Å². The van der Waals surface area contributed by atoms with Crippen molar-refractivity contribution in [2.45, 2.75) is 0 Å². The Morgan fingerprint density at radius 2 is 2.14 bits per heavy atom. The highest BCUT2D eigenvalue weighted by atomic mass is 32.1. The number of carbonyl (C=O) groups excluding carboxylic acids is 1. The second kappa shape index (κ2) is 6.90. The van der Waals surface area contributed by atoms with Crippen molar-refractivity contribution in [3.63, 3.8) is 0 Å². The lowest BCUT2D eigenvalue weighted by Gasteiger charge is -1.88. The minimum atomic E-state index is -0.881. The van der Waals surface area contributed by atoms with Crippen molar-refractivity contribution < 1.29 is 14.7 Å². The van der Waals surface area contributed by atoms with E-state index < -0.39 is 11.9 Å². The number of nitrogens with zero attached hydrogens (tertiary/aromatic N) is 1. The third-order valence-electron chi connectivity index (χ3n) is 1.08. The van der Waals surface area contributed by atoms with Crippen LogP contribution in [0.5, 0.6) is 0 Å². The molecule has 0 bridgehead atoms. The van der Waals surface area contributed by atoms with E-state index in [2.05, 4.69) is 17.6 Å². The number of carboxylic acid groups (broad SMARTS) is 1. The van der Waals surface area contributed by atoms with Crippen molar-refractivity contribution in [3.05, 3.63) is 30.1 Å². The van der Waals surface area contributed by atoms with Crippen LogP contribution >= 0.6 is 12.6 Å². The van der Waals surface area contributed by atoms with Crippen LogP contribution in [0, 0.1) is 0 Å². The Labute approximate surface area is 86.4 Å². The predicted octanol–water partition coefficient (Wildman–Crippen LogP) is 0.181. The number of carbonyl (C=O) groups is 2. The van der Waals surface area contributed by atoms with E-state index in [-0.39, 0.29) is 5.75 Å². The molecule has 1 aromatic rings. The number of nitrogens with two attached hydrogens (primary N) is 1. The van der Waals surface area contributed by atoms with Gasteiger partial charge in [-0.2, -0.15) is 12.6 Å². The predicted molar refractivity (Wildman–Crippen MR) is 54.2 cm³/mol. The fourth-order valence-electron chi connectivity index (χ4n) is 0.509. The minimum absolute atomic E-state index is 0.0833. The summed E-state index contributed by atoms with van der Waals surface area (Å²) in [6.45, 7) is 0. The third-order valence-corrected chi connectivity index (χ3v) is 1.35. The number of pyridine rings is 1. The van der Waals surface area contributed by atoms with Gasteiger partial charge in [-0.25, -0.2) is 0 Å². The van der Waals surface area contributed by atoms with Gasteiger partial charge in [0.15, 0.2) is 0 Å².